The molecular weight excluding hydrogens is 308 g/mol. The average molecular weight is 330 g/mol. The fourth-order valence-electron chi connectivity index (χ4n) is 2.37. The van der Waals surface area contributed by atoms with Crippen molar-refractivity contribution in [3.8, 4) is 0 Å². The van der Waals surface area contributed by atoms with Gasteiger partial charge in [-0.3, -0.25) is 9.59 Å². The molecule has 0 saturated carbocycles. The van der Waals surface area contributed by atoms with Crippen LogP contribution in [0.4, 0.5) is 0 Å². The van der Waals surface area contributed by atoms with Crippen LogP contribution in [0.2, 0.25) is 0 Å². The number of hydrogen-bond donors (Lipinski definition) is 0. The van der Waals surface area contributed by atoms with E-state index in [1.165, 1.54) is 0 Å². The summed E-state index contributed by atoms with van der Waals surface area (Å²) in [5, 5.41) is 2.00. The van der Waals surface area contributed by atoms with Crippen LogP contribution < -0.4 is 0 Å². The molecule has 0 aliphatic carbocycles. The number of rotatable bonds is 5. The molecule has 1 atom stereocenters. The number of thiophene rings is 1. The summed E-state index contributed by atoms with van der Waals surface area (Å²) in [6.45, 7) is 7.15. The van der Waals surface area contributed by atoms with Crippen LogP contribution in [-0.2, 0) is 9.53 Å². The average Bonchev–Trinajstić information content (AvgIpc) is 2.97. The summed E-state index contributed by atoms with van der Waals surface area (Å²) < 4.78 is 5.46. The lowest BCUT2D eigenvalue weighted by molar-refractivity contribution is -0.155. The third-order valence-corrected chi connectivity index (χ3v) is 4.38. The monoisotopic (exact) mass is 330 g/mol. The molecule has 1 heterocycles. The molecule has 3 nitrogen and oxygen atoms in total. The van der Waals surface area contributed by atoms with Gasteiger partial charge in [-0.05, 0) is 44.7 Å². The molecule has 0 fully saturated rings. The molecule has 0 unspecified atom stereocenters. The molecule has 1 aromatic carbocycles. The van der Waals surface area contributed by atoms with Gasteiger partial charge in [-0.15, -0.1) is 11.3 Å². The zero-order valence-corrected chi connectivity index (χ0v) is 14.8. The summed E-state index contributed by atoms with van der Waals surface area (Å²) in [5.74, 6) is -0.228. The number of hydrogen-bond acceptors (Lipinski definition) is 4. The van der Waals surface area contributed by atoms with Crippen molar-refractivity contribution in [1.29, 1.82) is 0 Å². The molecular formula is C19H22O3S. The molecule has 122 valence electrons. The Labute approximate surface area is 141 Å². The SMILES string of the molecule is CC(=O)c1ccc([C@H](CC(=O)OC(C)(C)C)c2cccs2)cc1. The Morgan fingerprint density at radius 3 is 2.26 bits per heavy atom. The van der Waals surface area contributed by atoms with Crippen LogP contribution in [0, 0.1) is 0 Å². The molecule has 0 amide bonds. The van der Waals surface area contributed by atoms with Gasteiger partial charge >= 0.3 is 5.97 Å². The smallest absolute Gasteiger partial charge is 0.307 e. The van der Waals surface area contributed by atoms with Gasteiger partial charge in [0.25, 0.3) is 0 Å². The molecule has 1 aromatic heterocycles. The Hall–Kier alpha value is -1.94. The number of ketones is 1. The zero-order valence-electron chi connectivity index (χ0n) is 14.0. The summed E-state index contributed by atoms with van der Waals surface area (Å²) in [7, 11) is 0. The van der Waals surface area contributed by atoms with Crippen molar-refractivity contribution < 1.29 is 14.3 Å². The number of benzene rings is 1. The van der Waals surface area contributed by atoms with Crippen LogP contribution in [0.5, 0.6) is 0 Å². The minimum atomic E-state index is -0.491. The van der Waals surface area contributed by atoms with Crippen molar-refractivity contribution in [2.45, 2.75) is 45.6 Å². The molecule has 0 spiro atoms. The van der Waals surface area contributed by atoms with Gasteiger partial charge in [0.05, 0.1) is 6.42 Å². The predicted octanol–water partition coefficient (Wildman–Crippen LogP) is 4.81. The summed E-state index contributed by atoms with van der Waals surface area (Å²) in [5.41, 5.74) is 1.20. The molecule has 0 bridgehead atoms. The third kappa shape index (κ3) is 5.03. The largest absolute Gasteiger partial charge is 0.460 e. The molecule has 0 saturated heterocycles. The highest BCUT2D eigenvalue weighted by Crippen LogP contribution is 2.32. The van der Waals surface area contributed by atoms with E-state index < -0.39 is 5.60 Å². The molecule has 0 N–H and O–H groups in total. The van der Waals surface area contributed by atoms with Gasteiger partial charge in [-0.1, -0.05) is 30.3 Å². The Kier molecular flexibility index (Phi) is 5.37. The van der Waals surface area contributed by atoms with E-state index in [0.717, 1.165) is 10.4 Å². The first-order valence-corrected chi connectivity index (χ1v) is 8.50. The number of Topliss-reactive ketones (excluding diaryl/α,β-unsaturated/α-hetero) is 1. The van der Waals surface area contributed by atoms with Gasteiger partial charge < -0.3 is 4.74 Å². The van der Waals surface area contributed by atoms with E-state index >= 15 is 0 Å². The number of carbonyl (C=O) groups excluding carboxylic acids is 2. The lowest BCUT2D eigenvalue weighted by Crippen LogP contribution is -2.25. The summed E-state index contributed by atoms with van der Waals surface area (Å²) >= 11 is 1.62. The van der Waals surface area contributed by atoms with E-state index in [2.05, 4.69) is 0 Å². The van der Waals surface area contributed by atoms with Crippen molar-refractivity contribution in [3.63, 3.8) is 0 Å². The van der Waals surface area contributed by atoms with Gasteiger partial charge in [0.15, 0.2) is 5.78 Å². The molecule has 23 heavy (non-hydrogen) atoms. The molecule has 0 aliphatic heterocycles. The van der Waals surface area contributed by atoms with Crippen LogP contribution in [-0.4, -0.2) is 17.4 Å². The Morgan fingerprint density at radius 1 is 1.13 bits per heavy atom. The normalized spacial score (nSPS) is 12.7. The van der Waals surface area contributed by atoms with Crippen molar-refractivity contribution in [3.05, 3.63) is 57.8 Å². The van der Waals surface area contributed by atoms with Gasteiger partial charge in [0.2, 0.25) is 0 Å². The van der Waals surface area contributed by atoms with Crippen molar-refractivity contribution in [2.75, 3.05) is 0 Å². The maximum absolute atomic E-state index is 12.2. The van der Waals surface area contributed by atoms with Gasteiger partial charge in [0.1, 0.15) is 5.60 Å². The second-order valence-corrected chi connectivity index (χ2v) is 7.52. The summed E-state index contributed by atoms with van der Waals surface area (Å²) in [6, 6.07) is 11.5. The van der Waals surface area contributed by atoms with Gasteiger partial charge in [-0.25, -0.2) is 0 Å². The van der Waals surface area contributed by atoms with Crippen LogP contribution >= 0.6 is 11.3 Å². The highest BCUT2D eigenvalue weighted by Gasteiger charge is 2.23. The molecule has 0 radical (unpaired) electrons. The van der Waals surface area contributed by atoms with Crippen molar-refractivity contribution in [1.82, 2.24) is 0 Å². The predicted molar refractivity (Wildman–Crippen MR) is 93.1 cm³/mol. The summed E-state index contributed by atoms with van der Waals surface area (Å²) in [4.78, 5) is 24.8. The summed E-state index contributed by atoms with van der Waals surface area (Å²) in [6.07, 6.45) is 0.289. The second kappa shape index (κ2) is 7.09. The molecule has 4 heteroatoms. The van der Waals surface area contributed by atoms with E-state index in [0.29, 0.717) is 5.56 Å². The van der Waals surface area contributed by atoms with Crippen LogP contribution in [0.1, 0.15) is 60.8 Å². The van der Waals surface area contributed by atoms with Crippen LogP contribution in [0.15, 0.2) is 41.8 Å². The second-order valence-electron chi connectivity index (χ2n) is 6.54. The molecule has 2 aromatic rings. The fourth-order valence-corrected chi connectivity index (χ4v) is 3.23. The topological polar surface area (TPSA) is 43.4 Å². The molecule has 2 rings (SSSR count). The Balaban J connectivity index is 2.25. The minimum Gasteiger partial charge on any atom is -0.460 e. The van der Waals surface area contributed by atoms with E-state index in [1.54, 1.807) is 18.3 Å². The number of esters is 1. The first-order chi connectivity index (χ1) is 10.8. The highest BCUT2D eigenvalue weighted by molar-refractivity contribution is 7.10. The lowest BCUT2D eigenvalue weighted by Gasteiger charge is -2.22. The maximum atomic E-state index is 12.2. The minimum absolute atomic E-state index is 0.0383. The zero-order chi connectivity index (χ0) is 17.0. The highest BCUT2D eigenvalue weighted by atomic mass is 32.1. The Bertz CT molecular complexity index is 664. The van der Waals surface area contributed by atoms with E-state index in [1.807, 2.05) is 62.5 Å². The first kappa shape index (κ1) is 17.4. The fraction of sp³-hybridized carbons (Fsp3) is 0.368. The van der Waals surface area contributed by atoms with Crippen LogP contribution in [0.25, 0.3) is 0 Å². The van der Waals surface area contributed by atoms with Gasteiger partial charge in [0, 0.05) is 16.4 Å². The quantitative estimate of drug-likeness (QED) is 0.583. The number of carbonyl (C=O) groups is 2. The molecule has 0 aliphatic rings. The lowest BCUT2D eigenvalue weighted by atomic mass is 9.93. The first-order valence-electron chi connectivity index (χ1n) is 7.62. The Morgan fingerprint density at radius 2 is 1.78 bits per heavy atom. The van der Waals surface area contributed by atoms with Gasteiger partial charge in [-0.2, -0.15) is 0 Å². The van der Waals surface area contributed by atoms with Crippen molar-refractivity contribution >= 4 is 23.1 Å². The number of ether oxygens (including phenoxy) is 1. The van der Waals surface area contributed by atoms with Crippen LogP contribution in [0.3, 0.4) is 0 Å². The van der Waals surface area contributed by atoms with E-state index in [4.69, 9.17) is 4.74 Å². The van der Waals surface area contributed by atoms with Crippen molar-refractivity contribution in [2.24, 2.45) is 0 Å². The van der Waals surface area contributed by atoms with E-state index in [9.17, 15) is 9.59 Å². The van der Waals surface area contributed by atoms with E-state index in [-0.39, 0.29) is 24.1 Å². The standard InChI is InChI=1S/C19H22O3S/c1-13(20)14-7-9-15(10-8-14)16(17-6-5-11-23-17)12-18(21)22-19(2,3)4/h5-11,16H,12H2,1-4H3/t16-/m0/s1. The maximum Gasteiger partial charge on any atom is 0.307 e. The third-order valence-electron chi connectivity index (χ3n) is 3.40.